The van der Waals surface area contributed by atoms with Gasteiger partial charge in [0.05, 0.1) is 5.71 Å². The molecule has 0 atom stereocenters. The summed E-state index contributed by atoms with van der Waals surface area (Å²) in [6.45, 7) is 10.5. The Balaban J connectivity index is 1.52. The van der Waals surface area contributed by atoms with E-state index in [1.807, 2.05) is 6.92 Å². The number of amides is 2. The first-order valence-electron chi connectivity index (χ1n) is 11.8. The fraction of sp³-hybridized carbons (Fsp3) is 0.500. The molecule has 1 saturated heterocycles. The summed E-state index contributed by atoms with van der Waals surface area (Å²) in [6, 6.07) is 6.68. The number of nitrogens with zero attached hydrogens (tertiary/aromatic N) is 1. The lowest BCUT2D eigenvalue weighted by Gasteiger charge is -2.46. The second kappa shape index (κ2) is 9.19. The molecule has 2 heterocycles. The number of aryl methyl sites for hydroxylation is 1. The van der Waals surface area contributed by atoms with Crippen LogP contribution in [0.5, 0.6) is 0 Å². The Bertz CT molecular complexity index is 1120. The van der Waals surface area contributed by atoms with Crippen molar-refractivity contribution < 1.29 is 14.0 Å². The average molecular weight is 485 g/mol. The summed E-state index contributed by atoms with van der Waals surface area (Å²) in [6.07, 6.45) is 3.95. The number of fused-ring (bicyclic) bond motifs is 1. The highest BCUT2D eigenvalue weighted by Gasteiger charge is 2.39. The van der Waals surface area contributed by atoms with E-state index in [1.165, 1.54) is 0 Å². The third kappa shape index (κ3) is 5.36. The molecule has 3 N–H and O–H groups in total. The van der Waals surface area contributed by atoms with Crippen molar-refractivity contribution in [2.45, 2.75) is 83.8 Å². The van der Waals surface area contributed by atoms with Gasteiger partial charge in [-0.25, -0.2) is 5.43 Å². The summed E-state index contributed by atoms with van der Waals surface area (Å²) in [5.74, 6) is 0.568. The van der Waals surface area contributed by atoms with Crippen molar-refractivity contribution in [3.8, 4) is 0 Å². The number of carbonyl (C=O) groups excluding carboxylic acids is 2. The molecule has 2 aliphatic rings. The molecule has 2 amide bonds. The number of halogens is 1. The van der Waals surface area contributed by atoms with Crippen LogP contribution in [0.1, 0.15) is 91.2 Å². The van der Waals surface area contributed by atoms with Crippen LogP contribution in [0.2, 0.25) is 5.02 Å². The third-order valence-electron chi connectivity index (χ3n) is 6.46. The van der Waals surface area contributed by atoms with Crippen molar-refractivity contribution in [3.63, 3.8) is 0 Å². The topological polar surface area (TPSA) is 95.7 Å². The number of hydrazone groups is 1. The zero-order valence-corrected chi connectivity index (χ0v) is 21.2. The van der Waals surface area contributed by atoms with Gasteiger partial charge < -0.3 is 15.1 Å². The highest BCUT2D eigenvalue weighted by Crippen LogP contribution is 2.32. The van der Waals surface area contributed by atoms with Gasteiger partial charge in [-0.3, -0.25) is 9.59 Å². The van der Waals surface area contributed by atoms with Crippen molar-refractivity contribution in [3.05, 3.63) is 57.5 Å². The molecule has 0 saturated carbocycles. The van der Waals surface area contributed by atoms with Gasteiger partial charge in [-0.15, -0.1) is 0 Å². The quantitative estimate of drug-likeness (QED) is 0.545. The number of benzene rings is 1. The number of hydrogen-bond donors (Lipinski definition) is 3. The van der Waals surface area contributed by atoms with Gasteiger partial charge in [0.15, 0.2) is 5.76 Å². The predicted molar refractivity (Wildman–Crippen MR) is 134 cm³/mol. The van der Waals surface area contributed by atoms with E-state index in [2.05, 4.69) is 48.9 Å². The standard InChI is InChI=1S/C26H33ClN4O3/c1-15-21-19(29-30-23(32)16-9-11-17(27)12-10-16)7-6-8-20(21)34-22(15)24(33)28-18-13-25(2,3)31-26(4,5)14-18/h9-12,18,31H,6-8,13-14H2,1-5H3,(H,28,33)(H,30,32)/b29-19+. The SMILES string of the molecule is Cc1c(C(=O)NC2CC(C)(C)NC(C)(C)C2)oc2c1/C(=N/NC(=O)c1ccc(Cl)cc1)CCC2. The van der Waals surface area contributed by atoms with Crippen LogP contribution in [0.4, 0.5) is 0 Å². The van der Waals surface area contributed by atoms with E-state index in [9.17, 15) is 9.59 Å². The summed E-state index contributed by atoms with van der Waals surface area (Å²) in [7, 11) is 0. The number of piperidine rings is 1. The van der Waals surface area contributed by atoms with E-state index in [0.717, 1.165) is 48.3 Å². The Morgan fingerprint density at radius 2 is 1.71 bits per heavy atom. The Hall–Kier alpha value is -2.64. The summed E-state index contributed by atoms with van der Waals surface area (Å²) in [5.41, 5.74) is 5.29. The molecule has 0 radical (unpaired) electrons. The lowest BCUT2D eigenvalue weighted by molar-refractivity contribution is 0.0842. The van der Waals surface area contributed by atoms with E-state index < -0.39 is 0 Å². The van der Waals surface area contributed by atoms with Gasteiger partial charge in [0.2, 0.25) is 0 Å². The van der Waals surface area contributed by atoms with Gasteiger partial charge in [0.25, 0.3) is 11.8 Å². The van der Waals surface area contributed by atoms with Crippen LogP contribution in [-0.2, 0) is 6.42 Å². The molecule has 34 heavy (non-hydrogen) atoms. The molecule has 0 bridgehead atoms. The minimum Gasteiger partial charge on any atom is -0.455 e. The molecule has 4 rings (SSSR count). The first kappa shape index (κ1) is 24.5. The van der Waals surface area contributed by atoms with E-state index in [4.69, 9.17) is 16.0 Å². The average Bonchev–Trinajstić information content (AvgIpc) is 3.07. The molecular weight excluding hydrogens is 452 g/mol. The number of rotatable bonds is 4. The van der Waals surface area contributed by atoms with Gasteiger partial charge >= 0.3 is 0 Å². The maximum atomic E-state index is 13.2. The zero-order valence-electron chi connectivity index (χ0n) is 20.5. The monoisotopic (exact) mass is 484 g/mol. The first-order valence-corrected chi connectivity index (χ1v) is 12.2. The van der Waals surface area contributed by atoms with Crippen molar-refractivity contribution in [2.24, 2.45) is 5.10 Å². The molecule has 1 fully saturated rings. The van der Waals surface area contributed by atoms with Crippen LogP contribution in [0, 0.1) is 6.92 Å². The van der Waals surface area contributed by atoms with E-state index in [0.29, 0.717) is 22.8 Å². The molecule has 1 aliphatic carbocycles. The minimum atomic E-state index is -0.313. The summed E-state index contributed by atoms with van der Waals surface area (Å²) in [5, 5.41) is 11.8. The van der Waals surface area contributed by atoms with Crippen molar-refractivity contribution in [2.75, 3.05) is 0 Å². The summed E-state index contributed by atoms with van der Waals surface area (Å²) < 4.78 is 6.04. The fourth-order valence-corrected chi connectivity index (χ4v) is 5.58. The molecule has 2 aromatic rings. The molecular formula is C26H33ClN4O3. The van der Waals surface area contributed by atoms with Crippen molar-refractivity contribution >= 4 is 29.1 Å². The molecule has 1 aromatic heterocycles. The number of nitrogens with one attached hydrogen (secondary N) is 3. The molecule has 0 spiro atoms. The smallest absolute Gasteiger partial charge is 0.287 e. The number of furan rings is 1. The highest BCUT2D eigenvalue weighted by atomic mass is 35.5. The molecule has 182 valence electrons. The van der Waals surface area contributed by atoms with E-state index in [1.54, 1.807) is 24.3 Å². The molecule has 8 heteroatoms. The summed E-state index contributed by atoms with van der Waals surface area (Å²) in [4.78, 5) is 25.7. The second-order valence-corrected chi connectivity index (χ2v) is 11.1. The molecule has 1 aliphatic heterocycles. The molecule has 7 nitrogen and oxygen atoms in total. The van der Waals surface area contributed by atoms with Gasteiger partial charge in [-0.1, -0.05) is 11.6 Å². The van der Waals surface area contributed by atoms with Crippen LogP contribution in [-0.4, -0.2) is 34.6 Å². The van der Waals surface area contributed by atoms with E-state index >= 15 is 0 Å². The predicted octanol–water partition coefficient (Wildman–Crippen LogP) is 4.75. The summed E-state index contributed by atoms with van der Waals surface area (Å²) >= 11 is 5.90. The van der Waals surface area contributed by atoms with Crippen LogP contribution in [0.25, 0.3) is 0 Å². The van der Waals surface area contributed by atoms with Crippen LogP contribution < -0.4 is 16.1 Å². The number of hydrogen-bond acceptors (Lipinski definition) is 5. The molecule has 1 aromatic carbocycles. The zero-order chi connectivity index (χ0) is 24.7. The maximum Gasteiger partial charge on any atom is 0.287 e. The Morgan fingerprint density at radius 3 is 2.35 bits per heavy atom. The van der Waals surface area contributed by atoms with Gasteiger partial charge in [-0.2, -0.15) is 5.10 Å². The lowest BCUT2D eigenvalue weighted by Crippen LogP contribution is -2.62. The van der Waals surface area contributed by atoms with Crippen LogP contribution >= 0.6 is 11.6 Å². The second-order valence-electron chi connectivity index (χ2n) is 10.7. The normalized spacial score (nSPS) is 20.6. The minimum absolute atomic E-state index is 0.0482. The number of carbonyl (C=O) groups is 2. The third-order valence-corrected chi connectivity index (χ3v) is 6.71. The van der Waals surface area contributed by atoms with E-state index in [-0.39, 0.29) is 28.9 Å². The van der Waals surface area contributed by atoms with Crippen LogP contribution in [0.15, 0.2) is 33.8 Å². The maximum absolute atomic E-state index is 13.2. The largest absolute Gasteiger partial charge is 0.455 e. The highest BCUT2D eigenvalue weighted by molar-refractivity contribution is 6.30. The Labute approximate surface area is 205 Å². The fourth-order valence-electron chi connectivity index (χ4n) is 5.46. The first-order chi connectivity index (χ1) is 15.9. The molecule has 0 unspecified atom stereocenters. The lowest BCUT2D eigenvalue weighted by atomic mass is 9.79. The Morgan fingerprint density at radius 1 is 1.06 bits per heavy atom. The van der Waals surface area contributed by atoms with Crippen molar-refractivity contribution in [1.29, 1.82) is 0 Å². The van der Waals surface area contributed by atoms with Gasteiger partial charge in [-0.05, 0) is 84.6 Å². The van der Waals surface area contributed by atoms with Gasteiger partial charge in [0, 0.05) is 45.3 Å². The Kier molecular flexibility index (Phi) is 6.62. The van der Waals surface area contributed by atoms with Crippen molar-refractivity contribution in [1.82, 2.24) is 16.1 Å². The van der Waals surface area contributed by atoms with Crippen LogP contribution in [0.3, 0.4) is 0 Å². The van der Waals surface area contributed by atoms with Gasteiger partial charge in [0.1, 0.15) is 5.76 Å².